The van der Waals surface area contributed by atoms with Gasteiger partial charge in [-0.15, -0.1) is 24.0 Å². The Morgan fingerprint density at radius 3 is 2.55 bits per heavy atom. The fourth-order valence-corrected chi connectivity index (χ4v) is 7.33. The van der Waals surface area contributed by atoms with E-state index < -0.39 is 56.9 Å². The van der Waals surface area contributed by atoms with Crippen molar-refractivity contribution in [2.75, 3.05) is 13.6 Å². The Balaban J connectivity index is 0.00000442. The van der Waals surface area contributed by atoms with Crippen LogP contribution in [0, 0.1) is 17.0 Å². The molecule has 2 aliphatic carbocycles. The van der Waals surface area contributed by atoms with Gasteiger partial charge in [-0.1, -0.05) is 5.57 Å². The molecule has 0 saturated heterocycles. The number of hydrogen-bond acceptors (Lipinski definition) is 8. The highest BCUT2D eigenvalue weighted by Gasteiger charge is 2.52. The van der Waals surface area contributed by atoms with Gasteiger partial charge >= 0.3 is 0 Å². The van der Waals surface area contributed by atoms with Gasteiger partial charge in [-0.25, -0.2) is 36.5 Å². The average molecular weight is 748 g/mol. The second kappa shape index (κ2) is 12.9. The van der Waals surface area contributed by atoms with Crippen LogP contribution >= 0.6 is 24.0 Å². The zero-order valence-electron chi connectivity index (χ0n) is 23.4. The van der Waals surface area contributed by atoms with E-state index in [1.807, 2.05) is 0 Å². The molecule has 2 aromatic heterocycles. The predicted molar refractivity (Wildman–Crippen MR) is 165 cm³/mol. The summed E-state index contributed by atoms with van der Waals surface area (Å²) in [6.07, 6.45) is 2.35. The molecule has 1 saturated carbocycles. The molecule has 236 valence electrons. The minimum atomic E-state index is -4.63. The predicted octanol–water partition coefficient (Wildman–Crippen LogP) is 3.98. The lowest BCUT2D eigenvalue weighted by atomic mass is 9.60. The molecule has 0 radical (unpaired) electrons. The van der Waals surface area contributed by atoms with Gasteiger partial charge in [0.15, 0.2) is 10.8 Å². The highest BCUT2D eigenvalue weighted by atomic mass is 127. The van der Waals surface area contributed by atoms with E-state index in [1.54, 1.807) is 22.9 Å². The molecule has 1 aromatic carbocycles. The normalized spacial score (nSPS) is 20.0. The first-order valence-corrected chi connectivity index (χ1v) is 14.7. The minimum Gasteiger partial charge on any atom is -0.387 e. The van der Waals surface area contributed by atoms with E-state index in [0.717, 1.165) is 29.5 Å². The summed E-state index contributed by atoms with van der Waals surface area (Å²) in [6, 6.07) is 6.67. The molecule has 4 N–H and O–H groups in total. The van der Waals surface area contributed by atoms with Gasteiger partial charge in [0.1, 0.15) is 17.3 Å². The lowest BCUT2D eigenvalue weighted by molar-refractivity contribution is 0.0658. The summed E-state index contributed by atoms with van der Waals surface area (Å²) in [6.45, 7) is -1.16. The van der Waals surface area contributed by atoms with Crippen molar-refractivity contribution in [3.05, 3.63) is 94.2 Å². The number of pyridine rings is 1. The summed E-state index contributed by atoms with van der Waals surface area (Å²) in [7, 11) is -3.31. The van der Waals surface area contributed by atoms with E-state index >= 15 is 0 Å². The maximum atomic E-state index is 14.2. The molecule has 0 bridgehead atoms. The largest absolute Gasteiger partial charge is 0.387 e. The molecule has 2 heterocycles. The van der Waals surface area contributed by atoms with Crippen LogP contribution in [0.15, 0.2) is 65.6 Å². The quantitative estimate of drug-likeness (QED) is 0.110. The van der Waals surface area contributed by atoms with E-state index in [2.05, 4.69) is 10.1 Å². The van der Waals surface area contributed by atoms with Crippen LogP contribution in [0.3, 0.4) is 0 Å². The second-order valence-electron chi connectivity index (χ2n) is 10.6. The molecule has 1 fully saturated rings. The molecule has 0 aliphatic heterocycles. The SMILES string of the molecule is CN(N)/C=C(\N)S(=O)(=O)N(CC(F)F)[C@H]1CCC2=Cc3c(cnn3-c3ccc(F)cc3)C[C@]2(C(=O)c2cc(F)ccn2)C1.I. The molecule has 2 atom stereocenters. The van der Waals surface area contributed by atoms with Crippen molar-refractivity contribution in [3.8, 4) is 5.69 Å². The number of hydrogen-bond donors (Lipinski definition) is 2. The zero-order valence-corrected chi connectivity index (χ0v) is 26.6. The monoisotopic (exact) mass is 747 g/mol. The number of fused-ring (bicyclic) bond motifs is 2. The van der Waals surface area contributed by atoms with E-state index in [1.165, 1.54) is 25.4 Å². The van der Waals surface area contributed by atoms with Crippen molar-refractivity contribution in [2.24, 2.45) is 17.0 Å². The van der Waals surface area contributed by atoms with E-state index in [9.17, 15) is 30.8 Å². The number of carbonyl (C=O) groups excluding carboxylic acids is 1. The standard InChI is InChI=1S/C28H29F4N7O3S.HI/c1-37(34)16-26(33)43(41,42)38(15-25(31)32)22-5-2-18-10-24-17(14-36-39(24)21-6-3-19(29)4-7-21)12-28(18,13-22)27(40)23-11-20(30)8-9-35-23;/h3-4,6-11,14,16,22,25H,2,5,12-13,15,33-34H2,1H3;1H/b26-16+;/t22-,28-;/m0./s1. The highest BCUT2D eigenvalue weighted by molar-refractivity contribution is 14.0. The van der Waals surface area contributed by atoms with Gasteiger partial charge in [0.2, 0.25) is 0 Å². The molecule has 5 rings (SSSR count). The third kappa shape index (κ3) is 6.38. The van der Waals surface area contributed by atoms with Gasteiger partial charge in [0, 0.05) is 25.4 Å². The van der Waals surface area contributed by atoms with Gasteiger partial charge in [-0.05, 0) is 67.7 Å². The van der Waals surface area contributed by atoms with Crippen molar-refractivity contribution in [1.82, 2.24) is 24.1 Å². The Hall–Kier alpha value is -3.35. The summed E-state index contributed by atoms with van der Waals surface area (Å²) in [4.78, 5) is 18.3. The fraction of sp³-hybridized carbons (Fsp3) is 0.321. The molecule has 0 unspecified atom stereocenters. The summed E-state index contributed by atoms with van der Waals surface area (Å²) in [5.74, 6) is 3.82. The van der Waals surface area contributed by atoms with Crippen LogP contribution in [0.2, 0.25) is 0 Å². The number of aromatic nitrogens is 3. The first-order valence-electron chi connectivity index (χ1n) is 13.3. The van der Waals surface area contributed by atoms with Crippen LogP contribution in [0.25, 0.3) is 11.8 Å². The molecule has 3 aromatic rings. The smallest absolute Gasteiger partial charge is 0.259 e. The lowest BCUT2D eigenvalue weighted by Crippen LogP contribution is -2.52. The Kier molecular flexibility index (Phi) is 9.87. The number of hydrazine groups is 1. The molecule has 2 aliphatic rings. The minimum absolute atomic E-state index is 0. The number of Topliss-reactive ketones (excluding diaryl/α,β-unsaturated/α-hetero) is 1. The maximum absolute atomic E-state index is 14.2. The Morgan fingerprint density at radius 2 is 1.91 bits per heavy atom. The summed E-state index contributed by atoms with van der Waals surface area (Å²) in [5.41, 5.74) is 6.56. The molecular formula is C28H30F4IN7O3S. The number of rotatable bonds is 9. The van der Waals surface area contributed by atoms with Crippen LogP contribution in [0.5, 0.6) is 0 Å². The van der Waals surface area contributed by atoms with Crippen LogP contribution in [-0.4, -0.2) is 64.3 Å². The zero-order chi connectivity index (χ0) is 31.1. The fourth-order valence-electron chi connectivity index (χ4n) is 5.87. The molecule has 10 nitrogen and oxygen atoms in total. The molecule has 44 heavy (non-hydrogen) atoms. The Bertz CT molecular complexity index is 1710. The van der Waals surface area contributed by atoms with Crippen molar-refractivity contribution < 1.29 is 30.8 Å². The van der Waals surface area contributed by atoms with Crippen LogP contribution in [0.4, 0.5) is 17.6 Å². The third-order valence-corrected chi connectivity index (χ3v) is 9.52. The number of nitrogens with zero attached hydrogens (tertiary/aromatic N) is 5. The van der Waals surface area contributed by atoms with Crippen molar-refractivity contribution >= 4 is 45.9 Å². The van der Waals surface area contributed by atoms with Crippen LogP contribution in [0.1, 0.15) is 41.0 Å². The summed E-state index contributed by atoms with van der Waals surface area (Å²) in [5, 5.41) is 4.58. The van der Waals surface area contributed by atoms with E-state index in [0.29, 0.717) is 26.8 Å². The maximum Gasteiger partial charge on any atom is 0.259 e. The highest BCUT2D eigenvalue weighted by Crippen LogP contribution is 2.51. The summed E-state index contributed by atoms with van der Waals surface area (Å²) >= 11 is 0. The molecular weight excluding hydrogens is 717 g/mol. The number of ketones is 1. The number of nitrogens with two attached hydrogens (primary N) is 2. The number of allylic oxidation sites excluding steroid dienone is 1. The number of alkyl halides is 2. The van der Waals surface area contributed by atoms with Gasteiger partial charge in [0.05, 0.1) is 35.7 Å². The molecule has 16 heteroatoms. The number of sulfonamides is 1. The van der Waals surface area contributed by atoms with Gasteiger partial charge in [-0.2, -0.15) is 9.40 Å². The van der Waals surface area contributed by atoms with Gasteiger partial charge in [0.25, 0.3) is 16.4 Å². The average Bonchev–Trinajstić information content (AvgIpc) is 3.36. The van der Waals surface area contributed by atoms with Crippen LogP contribution in [-0.2, 0) is 16.4 Å². The first-order chi connectivity index (χ1) is 20.3. The number of benzene rings is 1. The molecule has 0 spiro atoms. The second-order valence-corrected chi connectivity index (χ2v) is 12.5. The molecule has 0 amide bonds. The van der Waals surface area contributed by atoms with Gasteiger partial charge in [-0.3, -0.25) is 9.78 Å². The Labute approximate surface area is 268 Å². The van der Waals surface area contributed by atoms with Crippen molar-refractivity contribution in [2.45, 2.75) is 38.2 Å². The van der Waals surface area contributed by atoms with Crippen molar-refractivity contribution in [3.63, 3.8) is 0 Å². The van der Waals surface area contributed by atoms with Crippen molar-refractivity contribution in [1.29, 1.82) is 0 Å². The van der Waals surface area contributed by atoms with E-state index in [4.69, 9.17) is 11.6 Å². The summed E-state index contributed by atoms with van der Waals surface area (Å²) < 4.78 is 84.5. The topological polar surface area (TPSA) is 140 Å². The van der Waals surface area contributed by atoms with Crippen LogP contribution < -0.4 is 11.6 Å². The number of halogens is 5. The Morgan fingerprint density at radius 1 is 1.20 bits per heavy atom. The number of carbonyl (C=O) groups is 1. The van der Waals surface area contributed by atoms with E-state index in [-0.39, 0.29) is 55.4 Å². The lowest BCUT2D eigenvalue weighted by Gasteiger charge is -2.46. The first kappa shape index (κ1) is 33.5. The van der Waals surface area contributed by atoms with Gasteiger partial charge < -0.3 is 10.7 Å². The third-order valence-electron chi connectivity index (χ3n) is 7.76.